The number of hydrogen-bond acceptors (Lipinski definition) is 2. The molecule has 0 amide bonds. The molecule has 1 unspecified atom stereocenters. The quantitative estimate of drug-likeness (QED) is 0.516. The number of hydrogen-bond donors (Lipinski definition) is 1. The molecule has 0 aliphatic heterocycles. The van der Waals surface area contributed by atoms with E-state index in [0.717, 1.165) is 0 Å². The Morgan fingerprint density at radius 2 is 1.50 bits per heavy atom. The molecule has 0 heterocycles. The van der Waals surface area contributed by atoms with Crippen LogP contribution >= 0.6 is 11.8 Å². The van der Waals surface area contributed by atoms with E-state index in [4.69, 9.17) is 0 Å². The van der Waals surface area contributed by atoms with Gasteiger partial charge in [0.25, 0.3) is 0 Å². The van der Waals surface area contributed by atoms with E-state index in [1.807, 2.05) is 0 Å². The first kappa shape index (κ1) is 18.3. The van der Waals surface area contributed by atoms with Gasteiger partial charge in [-0.2, -0.15) is 11.8 Å². The zero-order valence-corrected chi connectivity index (χ0v) is 14.2. The van der Waals surface area contributed by atoms with Crippen LogP contribution in [0.4, 0.5) is 0 Å². The highest BCUT2D eigenvalue weighted by Crippen LogP contribution is 2.24. The monoisotopic (exact) mass is 273 g/mol. The second-order valence-corrected chi connectivity index (χ2v) is 8.17. The summed E-state index contributed by atoms with van der Waals surface area (Å²) < 4.78 is 0.398. The molecular formula is C16H35NS. The van der Waals surface area contributed by atoms with Gasteiger partial charge in [0.05, 0.1) is 0 Å². The van der Waals surface area contributed by atoms with Crippen molar-refractivity contribution in [1.29, 1.82) is 0 Å². The SMILES string of the molecule is CCCCCCCCCC(CSC(C)(C)C)NC. The van der Waals surface area contributed by atoms with Crippen molar-refractivity contribution in [2.45, 2.75) is 89.9 Å². The fraction of sp³-hybridized carbons (Fsp3) is 1.00. The van der Waals surface area contributed by atoms with Crippen LogP contribution in [0, 0.1) is 0 Å². The van der Waals surface area contributed by atoms with Crippen molar-refractivity contribution in [2.24, 2.45) is 0 Å². The summed E-state index contributed by atoms with van der Waals surface area (Å²) in [5.41, 5.74) is 0. The molecule has 2 heteroatoms. The summed E-state index contributed by atoms with van der Waals surface area (Å²) in [6, 6.07) is 0.699. The zero-order chi connectivity index (χ0) is 13.9. The second kappa shape index (κ2) is 11.2. The average Bonchev–Trinajstić information content (AvgIpc) is 2.30. The highest BCUT2D eigenvalue weighted by Gasteiger charge is 2.14. The summed E-state index contributed by atoms with van der Waals surface area (Å²) in [7, 11) is 2.11. The number of unbranched alkanes of at least 4 members (excludes halogenated alkanes) is 6. The van der Waals surface area contributed by atoms with Crippen molar-refractivity contribution in [3.05, 3.63) is 0 Å². The van der Waals surface area contributed by atoms with Crippen molar-refractivity contribution >= 4 is 11.8 Å². The molecule has 0 aromatic carbocycles. The van der Waals surface area contributed by atoms with E-state index in [2.05, 4.69) is 51.8 Å². The predicted octanol–water partition coefficient (Wildman–Crippen LogP) is 5.25. The topological polar surface area (TPSA) is 12.0 Å². The Bertz CT molecular complexity index is 174. The van der Waals surface area contributed by atoms with E-state index in [9.17, 15) is 0 Å². The van der Waals surface area contributed by atoms with Crippen molar-refractivity contribution < 1.29 is 0 Å². The largest absolute Gasteiger partial charge is 0.316 e. The molecule has 18 heavy (non-hydrogen) atoms. The van der Waals surface area contributed by atoms with Crippen LogP contribution in [0.1, 0.15) is 79.1 Å². The van der Waals surface area contributed by atoms with Crippen LogP contribution in [-0.4, -0.2) is 23.6 Å². The molecule has 0 aliphatic rings. The molecule has 110 valence electrons. The summed E-state index contributed by atoms with van der Waals surface area (Å²) in [5.74, 6) is 1.25. The summed E-state index contributed by atoms with van der Waals surface area (Å²) >= 11 is 2.08. The number of thioether (sulfide) groups is 1. The smallest absolute Gasteiger partial charge is 0.0155 e. The average molecular weight is 274 g/mol. The molecular weight excluding hydrogens is 238 g/mol. The molecule has 0 rings (SSSR count). The van der Waals surface area contributed by atoms with Crippen LogP contribution in [0.5, 0.6) is 0 Å². The van der Waals surface area contributed by atoms with Gasteiger partial charge in [-0.15, -0.1) is 0 Å². The van der Waals surface area contributed by atoms with Crippen LogP contribution in [0.2, 0.25) is 0 Å². The van der Waals surface area contributed by atoms with Gasteiger partial charge < -0.3 is 5.32 Å². The molecule has 0 spiro atoms. The standard InChI is InChI=1S/C16H35NS/c1-6-7-8-9-10-11-12-13-15(17-5)14-18-16(2,3)4/h15,17H,6-14H2,1-5H3. The van der Waals surface area contributed by atoms with Gasteiger partial charge in [-0.25, -0.2) is 0 Å². The molecule has 0 radical (unpaired) electrons. The molecule has 1 atom stereocenters. The molecule has 0 saturated carbocycles. The van der Waals surface area contributed by atoms with Gasteiger partial charge in [0.1, 0.15) is 0 Å². The molecule has 0 fully saturated rings. The predicted molar refractivity (Wildman–Crippen MR) is 87.7 cm³/mol. The zero-order valence-electron chi connectivity index (χ0n) is 13.3. The fourth-order valence-corrected chi connectivity index (χ4v) is 3.04. The fourth-order valence-electron chi connectivity index (χ4n) is 2.01. The maximum atomic E-state index is 3.47. The van der Waals surface area contributed by atoms with Crippen LogP contribution < -0.4 is 5.32 Å². The third-order valence-electron chi connectivity index (χ3n) is 3.28. The molecule has 1 nitrogen and oxygen atoms in total. The van der Waals surface area contributed by atoms with Crippen LogP contribution in [0.3, 0.4) is 0 Å². The van der Waals surface area contributed by atoms with E-state index in [1.165, 1.54) is 57.1 Å². The Kier molecular flexibility index (Phi) is 11.4. The third-order valence-corrected chi connectivity index (χ3v) is 4.72. The Labute approximate surface area is 120 Å². The van der Waals surface area contributed by atoms with E-state index in [-0.39, 0.29) is 0 Å². The highest BCUT2D eigenvalue weighted by molar-refractivity contribution is 8.00. The lowest BCUT2D eigenvalue weighted by Gasteiger charge is -2.22. The van der Waals surface area contributed by atoms with E-state index < -0.39 is 0 Å². The Hall–Kier alpha value is 0.310. The lowest BCUT2D eigenvalue weighted by atomic mass is 10.1. The summed E-state index contributed by atoms with van der Waals surface area (Å²) in [6.07, 6.45) is 11.2. The Balaban J connectivity index is 3.44. The summed E-state index contributed by atoms with van der Waals surface area (Å²) in [5, 5.41) is 3.47. The van der Waals surface area contributed by atoms with Crippen molar-refractivity contribution in [3.8, 4) is 0 Å². The molecule has 0 aromatic heterocycles. The van der Waals surface area contributed by atoms with Gasteiger partial charge in [-0.05, 0) is 13.5 Å². The first-order valence-electron chi connectivity index (χ1n) is 7.81. The van der Waals surface area contributed by atoms with Gasteiger partial charge in [-0.3, -0.25) is 0 Å². The minimum Gasteiger partial charge on any atom is -0.316 e. The first-order valence-corrected chi connectivity index (χ1v) is 8.79. The van der Waals surface area contributed by atoms with Gasteiger partial charge in [-0.1, -0.05) is 72.6 Å². The van der Waals surface area contributed by atoms with Crippen LogP contribution in [0.15, 0.2) is 0 Å². The number of rotatable bonds is 11. The normalized spacial score (nSPS) is 13.8. The summed E-state index contributed by atoms with van der Waals surface area (Å²) in [6.45, 7) is 9.19. The third kappa shape index (κ3) is 12.8. The maximum Gasteiger partial charge on any atom is 0.0155 e. The van der Waals surface area contributed by atoms with E-state index in [0.29, 0.717) is 10.8 Å². The minimum absolute atomic E-state index is 0.398. The molecule has 0 saturated heterocycles. The number of nitrogens with one attached hydrogen (secondary N) is 1. The van der Waals surface area contributed by atoms with Gasteiger partial charge in [0, 0.05) is 16.5 Å². The molecule has 0 aromatic rings. The van der Waals surface area contributed by atoms with Crippen molar-refractivity contribution in [3.63, 3.8) is 0 Å². The molecule has 0 aliphatic carbocycles. The van der Waals surface area contributed by atoms with Crippen molar-refractivity contribution in [1.82, 2.24) is 5.32 Å². The van der Waals surface area contributed by atoms with Gasteiger partial charge >= 0.3 is 0 Å². The van der Waals surface area contributed by atoms with Crippen LogP contribution in [-0.2, 0) is 0 Å². The lowest BCUT2D eigenvalue weighted by molar-refractivity contribution is 0.510. The Morgan fingerprint density at radius 1 is 0.944 bits per heavy atom. The summed E-state index contributed by atoms with van der Waals surface area (Å²) in [4.78, 5) is 0. The van der Waals surface area contributed by atoms with Gasteiger partial charge in [0.2, 0.25) is 0 Å². The van der Waals surface area contributed by atoms with Crippen molar-refractivity contribution in [2.75, 3.05) is 12.8 Å². The molecule has 1 N–H and O–H groups in total. The van der Waals surface area contributed by atoms with Gasteiger partial charge in [0.15, 0.2) is 0 Å². The first-order chi connectivity index (χ1) is 8.49. The van der Waals surface area contributed by atoms with E-state index in [1.54, 1.807) is 0 Å². The molecule has 0 bridgehead atoms. The van der Waals surface area contributed by atoms with E-state index >= 15 is 0 Å². The maximum absolute atomic E-state index is 3.47. The Morgan fingerprint density at radius 3 is 2.00 bits per heavy atom. The second-order valence-electron chi connectivity index (χ2n) is 6.32. The minimum atomic E-state index is 0.398. The highest BCUT2D eigenvalue weighted by atomic mass is 32.2. The van der Waals surface area contributed by atoms with Crippen LogP contribution in [0.25, 0.3) is 0 Å². The lowest BCUT2D eigenvalue weighted by Crippen LogP contribution is -2.29.